The number of phenolic OH excluding ortho intramolecular Hbond substituents is 1. The molecule has 1 heterocycles. The van der Waals surface area contributed by atoms with Gasteiger partial charge in [-0.3, -0.25) is 0 Å². The zero-order valence-electron chi connectivity index (χ0n) is 12.1. The maximum Gasteiger partial charge on any atom is 0.407 e. The summed E-state index contributed by atoms with van der Waals surface area (Å²) in [5.74, 6) is 0.184. The minimum Gasteiger partial charge on any atom is -0.508 e. The number of ether oxygens (including phenoxy) is 1. The van der Waals surface area contributed by atoms with Crippen LogP contribution in [0.4, 0.5) is 4.79 Å². The number of amides is 1. The monoisotopic (exact) mass is 279 g/mol. The normalized spacial score (nSPS) is 23.6. The van der Waals surface area contributed by atoms with Crippen molar-refractivity contribution in [1.82, 2.24) is 4.90 Å². The van der Waals surface area contributed by atoms with Gasteiger partial charge in [-0.25, -0.2) is 4.79 Å². The molecule has 20 heavy (non-hydrogen) atoms. The van der Waals surface area contributed by atoms with E-state index in [1.54, 1.807) is 24.3 Å². The predicted octanol–water partition coefficient (Wildman–Crippen LogP) is 2.64. The van der Waals surface area contributed by atoms with Gasteiger partial charge in [0.25, 0.3) is 0 Å². The maximum absolute atomic E-state index is 11.3. The second kappa shape index (κ2) is 4.98. The van der Waals surface area contributed by atoms with Crippen LogP contribution in [0.25, 0.3) is 0 Å². The van der Waals surface area contributed by atoms with E-state index in [9.17, 15) is 15.0 Å². The highest BCUT2D eigenvalue weighted by Gasteiger charge is 2.48. The quantitative estimate of drug-likeness (QED) is 0.829. The minimum atomic E-state index is -0.930. The summed E-state index contributed by atoms with van der Waals surface area (Å²) in [5.41, 5.74) is -0.108. The summed E-state index contributed by atoms with van der Waals surface area (Å²) >= 11 is 0. The van der Waals surface area contributed by atoms with Crippen LogP contribution in [-0.2, 0) is 10.3 Å². The summed E-state index contributed by atoms with van der Waals surface area (Å²) in [6.07, 6.45) is -0.930. The average Bonchev–Trinajstić information content (AvgIpc) is 2.38. The highest BCUT2D eigenvalue weighted by Crippen LogP contribution is 2.45. The van der Waals surface area contributed by atoms with Crippen molar-refractivity contribution < 1.29 is 19.7 Å². The summed E-state index contributed by atoms with van der Waals surface area (Å²) in [6.45, 7) is 7.13. The van der Waals surface area contributed by atoms with Crippen LogP contribution >= 0.6 is 0 Å². The first-order valence-corrected chi connectivity index (χ1v) is 6.68. The van der Waals surface area contributed by atoms with Gasteiger partial charge in [0.2, 0.25) is 0 Å². The Hall–Kier alpha value is -1.75. The van der Waals surface area contributed by atoms with Gasteiger partial charge in [-0.2, -0.15) is 0 Å². The fourth-order valence-electron chi connectivity index (χ4n) is 2.68. The summed E-state index contributed by atoms with van der Waals surface area (Å²) in [7, 11) is 0. The molecule has 1 aromatic carbocycles. The number of carbonyl (C=O) groups is 1. The van der Waals surface area contributed by atoms with E-state index in [0.717, 1.165) is 5.56 Å². The Balaban J connectivity index is 2.46. The highest BCUT2D eigenvalue weighted by molar-refractivity contribution is 5.65. The van der Waals surface area contributed by atoms with E-state index in [4.69, 9.17) is 4.74 Å². The molecule has 5 heteroatoms. The molecule has 0 bridgehead atoms. The van der Waals surface area contributed by atoms with Crippen LogP contribution in [0.3, 0.4) is 0 Å². The van der Waals surface area contributed by atoms with Crippen LogP contribution in [0.5, 0.6) is 5.75 Å². The van der Waals surface area contributed by atoms with Gasteiger partial charge in [-0.15, -0.1) is 0 Å². The molecule has 1 atom stereocenters. The van der Waals surface area contributed by atoms with Crippen LogP contribution in [0, 0.1) is 5.41 Å². The van der Waals surface area contributed by atoms with Crippen molar-refractivity contribution in [2.45, 2.75) is 26.4 Å². The van der Waals surface area contributed by atoms with Crippen molar-refractivity contribution in [3.63, 3.8) is 0 Å². The third-order valence-corrected chi connectivity index (χ3v) is 3.94. The minimum absolute atomic E-state index is 0.184. The van der Waals surface area contributed by atoms with Crippen LogP contribution in [-0.4, -0.2) is 40.9 Å². The largest absolute Gasteiger partial charge is 0.508 e. The standard InChI is InChI=1S/C15H21NO4/c1-14(2,3)15(11-4-6-12(17)7-5-11)10-16(13(18)19)8-9-20-15/h4-7,17H,8-10H2,1-3H3,(H,18,19)/t15-/m1/s1. The molecule has 1 aliphatic rings. The van der Waals surface area contributed by atoms with Crippen molar-refractivity contribution in [3.05, 3.63) is 29.8 Å². The van der Waals surface area contributed by atoms with Gasteiger partial charge in [0, 0.05) is 6.54 Å². The molecule has 0 spiro atoms. The van der Waals surface area contributed by atoms with Gasteiger partial charge in [-0.1, -0.05) is 32.9 Å². The Morgan fingerprint density at radius 2 is 1.90 bits per heavy atom. The highest BCUT2D eigenvalue weighted by atomic mass is 16.5. The fourth-order valence-corrected chi connectivity index (χ4v) is 2.68. The molecule has 1 fully saturated rings. The number of phenols is 1. The van der Waals surface area contributed by atoms with Gasteiger partial charge in [-0.05, 0) is 23.1 Å². The summed E-state index contributed by atoms with van der Waals surface area (Å²) in [4.78, 5) is 12.7. The summed E-state index contributed by atoms with van der Waals surface area (Å²) in [6, 6.07) is 6.80. The number of nitrogens with zero attached hydrogens (tertiary/aromatic N) is 1. The van der Waals surface area contributed by atoms with E-state index in [2.05, 4.69) is 0 Å². The molecule has 5 nitrogen and oxygen atoms in total. The van der Waals surface area contributed by atoms with E-state index < -0.39 is 11.7 Å². The number of hydrogen-bond acceptors (Lipinski definition) is 3. The number of rotatable bonds is 1. The lowest BCUT2D eigenvalue weighted by Crippen LogP contribution is -2.57. The second-order valence-electron chi connectivity index (χ2n) is 6.18. The third kappa shape index (κ3) is 2.45. The van der Waals surface area contributed by atoms with E-state index >= 15 is 0 Å². The Morgan fingerprint density at radius 3 is 2.40 bits per heavy atom. The lowest BCUT2D eigenvalue weighted by Gasteiger charge is -2.50. The van der Waals surface area contributed by atoms with Crippen LogP contribution in [0.1, 0.15) is 26.3 Å². The van der Waals surface area contributed by atoms with Gasteiger partial charge in [0.05, 0.1) is 13.2 Å². The topological polar surface area (TPSA) is 70.0 Å². The molecule has 1 amide bonds. The molecular weight excluding hydrogens is 258 g/mol. The Bertz CT molecular complexity index is 492. The number of aromatic hydroxyl groups is 1. The number of morpholine rings is 1. The summed E-state index contributed by atoms with van der Waals surface area (Å²) in [5, 5.41) is 18.7. The van der Waals surface area contributed by atoms with E-state index in [1.807, 2.05) is 20.8 Å². The fraction of sp³-hybridized carbons (Fsp3) is 0.533. The van der Waals surface area contributed by atoms with Crippen molar-refractivity contribution in [2.24, 2.45) is 5.41 Å². The zero-order chi connectivity index (χ0) is 15.0. The Labute approximate surface area is 118 Å². The van der Waals surface area contributed by atoms with Gasteiger partial charge in [0.1, 0.15) is 11.4 Å². The SMILES string of the molecule is CC(C)(C)[C@]1(c2ccc(O)cc2)CN(C(=O)O)CCO1. The molecule has 2 N–H and O–H groups in total. The first-order chi connectivity index (χ1) is 9.26. The molecule has 0 aliphatic carbocycles. The lowest BCUT2D eigenvalue weighted by atomic mass is 9.71. The molecule has 0 saturated carbocycles. The number of carboxylic acid groups (broad SMARTS) is 1. The van der Waals surface area contributed by atoms with Gasteiger partial charge in [0.15, 0.2) is 0 Å². The van der Waals surface area contributed by atoms with E-state index in [-0.39, 0.29) is 17.7 Å². The van der Waals surface area contributed by atoms with Crippen molar-refractivity contribution in [1.29, 1.82) is 0 Å². The summed E-state index contributed by atoms with van der Waals surface area (Å²) < 4.78 is 6.05. The third-order valence-electron chi connectivity index (χ3n) is 3.94. The molecule has 0 unspecified atom stereocenters. The van der Waals surface area contributed by atoms with E-state index in [0.29, 0.717) is 13.2 Å². The predicted molar refractivity (Wildman–Crippen MR) is 74.8 cm³/mol. The number of hydrogen-bond donors (Lipinski definition) is 2. The van der Waals surface area contributed by atoms with Gasteiger partial charge >= 0.3 is 6.09 Å². The van der Waals surface area contributed by atoms with Gasteiger partial charge < -0.3 is 19.8 Å². The van der Waals surface area contributed by atoms with Crippen LogP contribution in [0.2, 0.25) is 0 Å². The Morgan fingerprint density at radius 1 is 1.30 bits per heavy atom. The molecular formula is C15H21NO4. The molecule has 1 aliphatic heterocycles. The van der Waals surface area contributed by atoms with E-state index in [1.165, 1.54) is 4.90 Å². The smallest absolute Gasteiger partial charge is 0.407 e. The molecule has 0 radical (unpaired) electrons. The molecule has 1 saturated heterocycles. The second-order valence-corrected chi connectivity index (χ2v) is 6.18. The molecule has 0 aromatic heterocycles. The maximum atomic E-state index is 11.3. The Kier molecular flexibility index (Phi) is 3.65. The van der Waals surface area contributed by atoms with Crippen LogP contribution < -0.4 is 0 Å². The molecule has 2 rings (SSSR count). The van der Waals surface area contributed by atoms with Crippen molar-refractivity contribution in [2.75, 3.05) is 19.7 Å². The first-order valence-electron chi connectivity index (χ1n) is 6.68. The zero-order valence-corrected chi connectivity index (χ0v) is 12.1. The molecule has 1 aromatic rings. The average molecular weight is 279 g/mol. The first kappa shape index (κ1) is 14.7. The van der Waals surface area contributed by atoms with Crippen LogP contribution in [0.15, 0.2) is 24.3 Å². The van der Waals surface area contributed by atoms with Crippen molar-refractivity contribution >= 4 is 6.09 Å². The number of benzene rings is 1. The molecule has 110 valence electrons. The lowest BCUT2D eigenvalue weighted by molar-refractivity contribution is -0.166. The van der Waals surface area contributed by atoms with Crippen molar-refractivity contribution in [3.8, 4) is 5.75 Å².